The highest BCUT2D eigenvalue weighted by Gasteiger charge is 2.08. The van der Waals surface area contributed by atoms with Gasteiger partial charge in [-0.15, -0.1) is 0 Å². The maximum atomic E-state index is 9.65. The average molecular weight is 225 g/mol. The van der Waals surface area contributed by atoms with Crippen LogP contribution in [0.4, 0.5) is 0 Å². The van der Waals surface area contributed by atoms with Crippen LogP contribution in [0.3, 0.4) is 0 Å². The second-order valence-electron chi connectivity index (χ2n) is 3.54. The van der Waals surface area contributed by atoms with Gasteiger partial charge in [-0.25, -0.2) is 0 Å². The molecule has 1 heterocycles. The molecule has 1 aromatic rings. The van der Waals surface area contributed by atoms with E-state index in [9.17, 15) is 5.11 Å². The van der Waals surface area contributed by atoms with E-state index < -0.39 is 6.10 Å². The van der Waals surface area contributed by atoms with E-state index in [1.54, 1.807) is 12.1 Å². The summed E-state index contributed by atoms with van der Waals surface area (Å²) in [6.45, 7) is 3.12. The van der Waals surface area contributed by atoms with Crippen LogP contribution in [0.5, 0.6) is 0 Å². The highest BCUT2D eigenvalue weighted by Crippen LogP contribution is 2.12. The second-order valence-corrected chi connectivity index (χ2v) is 3.54. The maximum absolute atomic E-state index is 9.65. The van der Waals surface area contributed by atoms with Crippen LogP contribution < -0.4 is 11.1 Å². The average Bonchev–Trinajstić information content (AvgIpc) is 2.79. The Bertz CT molecular complexity index is 309. The summed E-state index contributed by atoms with van der Waals surface area (Å²) >= 11 is 0. The molecular formula is C11H19N3O2. The number of hydrogen-bond donors (Lipinski definition) is 3. The molecule has 0 radical (unpaired) electrons. The largest absolute Gasteiger partial charge is 0.467 e. The summed E-state index contributed by atoms with van der Waals surface area (Å²) in [5.41, 5.74) is 5.61. The van der Waals surface area contributed by atoms with Crippen molar-refractivity contribution in [1.29, 1.82) is 0 Å². The van der Waals surface area contributed by atoms with Gasteiger partial charge >= 0.3 is 0 Å². The molecule has 0 aliphatic heterocycles. The number of nitrogens with two attached hydrogens (primary N) is 1. The third kappa shape index (κ3) is 4.35. The fourth-order valence-electron chi connectivity index (χ4n) is 1.20. The van der Waals surface area contributed by atoms with Crippen molar-refractivity contribution >= 4 is 5.96 Å². The molecule has 0 amide bonds. The maximum Gasteiger partial charge on any atom is 0.188 e. The molecule has 0 spiro atoms. The van der Waals surface area contributed by atoms with Crippen molar-refractivity contribution < 1.29 is 9.52 Å². The number of nitrogens with zero attached hydrogens (tertiary/aromatic N) is 1. The van der Waals surface area contributed by atoms with E-state index in [4.69, 9.17) is 10.2 Å². The Morgan fingerprint density at radius 1 is 1.69 bits per heavy atom. The number of guanidine groups is 1. The zero-order chi connectivity index (χ0) is 11.8. The number of aliphatic imine (C=N–C) groups is 1. The fraction of sp³-hybridized carbons (Fsp3) is 0.545. The summed E-state index contributed by atoms with van der Waals surface area (Å²) in [4.78, 5) is 4.03. The topological polar surface area (TPSA) is 83.8 Å². The van der Waals surface area contributed by atoms with Gasteiger partial charge in [0.25, 0.3) is 0 Å². The molecular weight excluding hydrogens is 206 g/mol. The third-order valence-electron chi connectivity index (χ3n) is 2.14. The van der Waals surface area contributed by atoms with Crippen molar-refractivity contribution in [2.24, 2.45) is 10.7 Å². The van der Waals surface area contributed by atoms with Crippen molar-refractivity contribution in [3.8, 4) is 0 Å². The number of nitrogens with one attached hydrogen (secondary N) is 1. The van der Waals surface area contributed by atoms with Gasteiger partial charge in [0, 0.05) is 6.54 Å². The minimum atomic E-state index is -0.735. The summed E-state index contributed by atoms with van der Waals surface area (Å²) in [6.07, 6.45) is 2.94. The summed E-state index contributed by atoms with van der Waals surface area (Å²) < 4.78 is 5.05. The van der Waals surface area contributed by atoms with E-state index in [1.807, 2.05) is 0 Å². The van der Waals surface area contributed by atoms with Crippen molar-refractivity contribution in [2.45, 2.75) is 25.9 Å². The summed E-state index contributed by atoms with van der Waals surface area (Å²) in [7, 11) is 0. The molecule has 16 heavy (non-hydrogen) atoms. The molecule has 1 aromatic heterocycles. The van der Waals surface area contributed by atoms with Gasteiger partial charge in [0.05, 0.1) is 12.8 Å². The highest BCUT2D eigenvalue weighted by molar-refractivity contribution is 5.77. The normalized spacial score (nSPS) is 13.8. The number of aliphatic hydroxyl groups excluding tert-OH is 1. The lowest BCUT2D eigenvalue weighted by Crippen LogP contribution is -2.32. The van der Waals surface area contributed by atoms with E-state index in [2.05, 4.69) is 17.2 Å². The van der Waals surface area contributed by atoms with Crippen molar-refractivity contribution in [2.75, 3.05) is 13.1 Å². The van der Waals surface area contributed by atoms with Gasteiger partial charge in [-0.2, -0.15) is 0 Å². The Balaban J connectivity index is 2.29. The second kappa shape index (κ2) is 6.90. The lowest BCUT2D eigenvalue weighted by Gasteiger charge is -2.06. The molecule has 0 saturated carbocycles. The molecule has 0 fully saturated rings. The minimum Gasteiger partial charge on any atom is -0.467 e. The van der Waals surface area contributed by atoms with Crippen molar-refractivity contribution in [3.05, 3.63) is 24.2 Å². The van der Waals surface area contributed by atoms with Crippen LogP contribution in [-0.4, -0.2) is 24.2 Å². The van der Waals surface area contributed by atoms with Gasteiger partial charge in [0.1, 0.15) is 11.9 Å². The molecule has 1 unspecified atom stereocenters. The highest BCUT2D eigenvalue weighted by atomic mass is 16.4. The quantitative estimate of drug-likeness (QED) is 0.383. The van der Waals surface area contributed by atoms with Crippen LogP contribution in [0.2, 0.25) is 0 Å². The molecule has 0 aliphatic carbocycles. The van der Waals surface area contributed by atoms with E-state index in [-0.39, 0.29) is 6.54 Å². The number of unbranched alkanes of at least 4 members (excludes halogenated alkanes) is 1. The smallest absolute Gasteiger partial charge is 0.188 e. The van der Waals surface area contributed by atoms with Gasteiger partial charge < -0.3 is 20.6 Å². The summed E-state index contributed by atoms with van der Waals surface area (Å²) in [5, 5.41) is 12.6. The van der Waals surface area contributed by atoms with E-state index in [0.29, 0.717) is 11.7 Å². The van der Waals surface area contributed by atoms with Crippen LogP contribution in [0.1, 0.15) is 31.6 Å². The number of hydrogen-bond acceptors (Lipinski definition) is 3. The first kappa shape index (κ1) is 12.6. The third-order valence-corrected chi connectivity index (χ3v) is 2.14. The molecule has 0 bridgehead atoms. The monoisotopic (exact) mass is 225 g/mol. The van der Waals surface area contributed by atoms with E-state index >= 15 is 0 Å². The van der Waals surface area contributed by atoms with Crippen molar-refractivity contribution in [3.63, 3.8) is 0 Å². The molecule has 1 atom stereocenters. The Kier molecular flexibility index (Phi) is 5.42. The Labute approximate surface area is 95.4 Å². The first-order chi connectivity index (χ1) is 7.74. The number of aliphatic hydroxyl groups is 1. The zero-order valence-electron chi connectivity index (χ0n) is 9.52. The number of rotatable bonds is 6. The molecule has 4 N–H and O–H groups in total. The predicted molar refractivity (Wildman–Crippen MR) is 63.1 cm³/mol. The lowest BCUT2D eigenvalue weighted by molar-refractivity contribution is 0.158. The summed E-state index contributed by atoms with van der Waals surface area (Å²) in [6, 6.07) is 3.44. The molecule has 0 aromatic carbocycles. The van der Waals surface area contributed by atoms with Crippen LogP contribution >= 0.6 is 0 Å². The Morgan fingerprint density at radius 2 is 2.50 bits per heavy atom. The van der Waals surface area contributed by atoms with Crippen LogP contribution in [-0.2, 0) is 0 Å². The molecule has 1 rings (SSSR count). The minimum absolute atomic E-state index is 0.207. The SMILES string of the molecule is CCCCNC(N)=NCC(O)c1ccco1. The van der Waals surface area contributed by atoms with Crippen LogP contribution in [0, 0.1) is 0 Å². The first-order valence-electron chi connectivity index (χ1n) is 5.49. The molecule has 0 saturated heterocycles. The lowest BCUT2D eigenvalue weighted by atomic mass is 10.3. The van der Waals surface area contributed by atoms with Crippen LogP contribution in [0.25, 0.3) is 0 Å². The van der Waals surface area contributed by atoms with Gasteiger partial charge in [-0.3, -0.25) is 4.99 Å². The molecule has 90 valence electrons. The molecule has 5 heteroatoms. The Hall–Kier alpha value is -1.49. The van der Waals surface area contributed by atoms with E-state index in [1.165, 1.54) is 6.26 Å². The van der Waals surface area contributed by atoms with Crippen molar-refractivity contribution in [1.82, 2.24) is 5.32 Å². The van der Waals surface area contributed by atoms with E-state index in [0.717, 1.165) is 19.4 Å². The number of furan rings is 1. The first-order valence-corrected chi connectivity index (χ1v) is 5.49. The van der Waals surface area contributed by atoms with Gasteiger partial charge in [0.2, 0.25) is 0 Å². The fourth-order valence-corrected chi connectivity index (χ4v) is 1.20. The predicted octanol–water partition coefficient (Wildman–Crippen LogP) is 1.02. The molecule has 0 aliphatic rings. The zero-order valence-corrected chi connectivity index (χ0v) is 9.52. The van der Waals surface area contributed by atoms with Gasteiger partial charge in [-0.1, -0.05) is 13.3 Å². The summed E-state index contributed by atoms with van der Waals surface area (Å²) in [5.74, 6) is 0.865. The van der Waals surface area contributed by atoms with Crippen LogP contribution in [0.15, 0.2) is 27.8 Å². The van der Waals surface area contributed by atoms with Gasteiger partial charge in [0.15, 0.2) is 5.96 Å². The molecule has 5 nitrogen and oxygen atoms in total. The standard InChI is InChI=1S/C11H19N3O2/c1-2-3-6-13-11(12)14-8-9(15)10-5-4-7-16-10/h4-5,7,9,15H,2-3,6,8H2,1H3,(H3,12,13,14). The Morgan fingerprint density at radius 3 is 3.12 bits per heavy atom. The van der Waals surface area contributed by atoms with Gasteiger partial charge in [-0.05, 0) is 18.6 Å².